The van der Waals surface area contributed by atoms with Crippen molar-refractivity contribution in [1.29, 1.82) is 0 Å². The van der Waals surface area contributed by atoms with Crippen molar-refractivity contribution in [3.63, 3.8) is 0 Å². The first kappa shape index (κ1) is 12.4. The number of fused-ring (bicyclic) bond motifs is 1. The Morgan fingerprint density at radius 1 is 1.16 bits per heavy atom. The Kier molecular flexibility index (Phi) is 3.16. The zero-order valence-corrected chi connectivity index (χ0v) is 12.2. The van der Waals surface area contributed by atoms with Gasteiger partial charge in [0.15, 0.2) is 0 Å². The molecule has 0 aliphatic rings. The Labute approximate surface area is 119 Å². The van der Waals surface area contributed by atoms with Crippen LogP contribution in [-0.2, 0) is 0 Å². The maximum absolute atomic E-state index is 9.86. The molecule has 1 N–H and O–H groups in total. The first-order chi connectivity index (χ1) is 9.16. The number of nitrogens with zero attached hydrogens (tertiary/aromatic N) is 2. The molecule has 0 aliphatic heterocycles. The molecule has 2 heterocycles. The zero-order chi connectivity index (χ0) is 13.4. The highest BCUT2D eigenvalue weighted by atomic mass is 32.2. The lowest BCUT2D eigenvalue weighted by Gasteiger charge is -2.04. The van der Waals surface area contributed by atoms with Crippen LogP contribution in [0.4, 0.5) is 0 Å². The van der Waals surface area contributed by atoms with Gasteiger partial charge in [0.25, 0.3) is 0 Å². The molecule has 0 saturated heterocycles. The van der Waals surface area contributed by atoms with Gasteiger partial charge >= 0.3 is 0 Å². The standard InChI is InChI=1S/C14H12N2OS2/c1-8-9(2)18-13-12(8)14(16-7-15-13)19-11-6-4-3-5-10(11)17/h3-7,17H,1-2H3. The van der Waals surface area contributed by atoms with E-state index in [1.807, 2.05) is 18.2 Å². The van der Waals surface area contributed by atoms with Crippen LogP contribution in [0.1, 0.15) is 10.4 Å². The Hall–Kier alpha value is -1.59. The number of hydrogen-bond acceptors (Lipinski definition) is 5. The van der Waals surface area contributed by atoms with Gasteiger partial charge < -0.3 is 5.11 Å². The highest BCUT2D eigenvalue weighted by molar-refractivity contribution is 7.99. The smallest absolute Gasteiger partial charge is 0.129 e. The third kappa shape index (κ3) is 2.19. The SMILES string of the molecule is Cc1sc2ncnc(Sc3ccccc3O)c2c1C. The van der Waals surface area contributed by atoms with Gasteiger partial charge in [-0.15, -0.1) is 11.3 Å². The molecule has 1 aromatic carbocycles. The Morgan fingerprint density at radius 3 is 2.74 bits per heavy atom. The largest absolute Gasteiger partial charge is 0.507 e. The second-order valence-corrected chi connectivity index (χ2v) is 6.45. The number of para-hydroxylation sites is 1. The first-order valence-electron chi connectivity index (χ1n) is 5.83. The number of phenolic OH excluding ortho intramolecular Hbond substituents is 1. The molecular weight excluding hydrogens is 276 g/mol. The second-order valence-electron chi connectivity index (χ2n) is 4.21. The molecule has 96 valence electrons. The monoisotopic (exact) mass is 288 g/mol. The summed E-state index contributed by atoms with van der Waals surface area (Å²) in [7, 11) is 0. The summed E-state index contributed by atoms with van der Waals surface area (Å²) in [5, 5.41) is 11.8. The van der Waals surface area contributed by atoms with Crippen LogP contribution in [0.25, 0.3) is 10.2 Å². The van der Waals surface area contributed by atoms with Crippen LogP contribution in [-0.4, -0.2) is 15.1 Å². The number of hydrogen-bond donors (Lipinski definition) is 1. The van der Waals surface area contributed by atoms with Gasteiger partial charge in [-0.1, -0.05) is 23.9 Å². The molecule has 3 aromatic rings. The van der Waals surface area contributed by atoms with Crippen molar-refractivity contribution in [3.05, 3.63) is 41.0 Å². The quantitative estimate of drug-likeness (QED) is 0.719. The Balaban J connectivity index is 2.13. The molecule has 0 radical (unpaired) electrons. The van der Waals surface area contributed by atoms with Gasteiger partial charge in [-0.2, -0.15) is 0 Å². The van der Waals surface area contributed by atoms with Crippen LogP contribution in [0.15, 0.2) is 40.5 Å². The number of phenols is 1. The summed E-state index contributed by atoms with van der Waals surface area (Å²) in [6, 6.07) is 7.30. The van der Waals surface area contributed by atoms with Crippen molar-refractivity contribution >= 4 is 33.3 Å². The van der Waals surface area contributed by atoms with Crippen LogP contribution >= 0.6 is 23.1 Å². The molecule has 3 nitrogen and oxygen atoms in total. The maximum Gasteiger partial charge on any atom is 0.129 e. The highest BCUT2D eigenvalue weighted by Gasteiger charge is 2.13. The van der Waals surface area contributed by atoms with Gasteiger partial charge in [0.2, 0.25) is 0 Å². The molecule has 3 rings (SSSR count). The molecule has 5 heteroatoms. The zero-order valence-electron chi connectivity index (χ0n) is 10.5. The van der Waals surface area contributed by atoms with Crippen LogP contribution in [0.2, 0.25) is 0 Å². The van der Waals surface area contributed by atoms with E-state index in [0.717, 1.165) is 20.1 Å². The summed E-state index contributed by atoms with van der Waals surface area (Å²) in [5.74, 6) is 0.281. The number of thiophene rings is 1. The lowest BCUT2D eigenvalue weighted by molar-refractivity contribution is 0.462. The Morgan fingerprint density at radius 2 is 1.95 bits per heavy atom. The number of aryl methyl sites for hydroxylation is 2. The van der Waals surface area contributed by atoms with Gasteiger partial charge in [-0.05, 0) is 31.5 Å². The topological polar surface area (TPSA) is 46.0 Å². The summed E-state index contributed by atoms with van der Waals surface area (Å²) in [6.45, 7) is 4.18. The third-order valence-corrected chi connectivity index (χ3v) is 5.19. The summed E-state index contributed by atoms with van der Waals surface area (Å²) in [4.78, 5) is 11.8. The summed E-state index contributed by atoms with van der Waals surface area (Å²) >= 11 is 3.16. The molecule has 0 spiro atoms. The summed E-state index contributed by atoms with van der Waals surface area (Å²) < 4.78 is 0. The number of benzene rings is 1. The number of rotatable bonds is 2. The number of aromatic hydroxyl groups is 1. The van der Waals surface area contributed by atoms with E-state index in [-0.39, 0.29) is 5.75 Å². The van der Waals surface area contributed by atoms with Gasteiger partial charge in [0.1, 0.15) is 21.9 Å². The van der Waals surface area contributed by atoms with Crippen LogP contribution < -0.4 is 0 Å². The lowest BCUT2D eigenvalue weighted by atomic mass is 10.2. The molecule has 0 amide bonds. The minimum atomic E-state index is 0.281. The first-order valence-corrected chi connectivity index (χ1v) is 7.46. The van der Waals surface area contributed by atoms with Crippen molar-refractivity contribution in [2.24, 2.45) is 0 Å². The minimum absolute atomic E-state index is 0.281. The summed E-state index contributed by atoms with van der Waals surface area (Å²) in [6.07, 6.45) is 1.58. The fourth-order valence-corrected chi connectivity index (χ4v) is 3.92. The van der Waals surface area contributed by atoms with Gasteiger partial charge in [0, 0.05) is 10.3 Å². The van der Waals surface area contributed by atoms with Gasteiger partial charge in [0.05, 0.1) is 4.90 Å². The maximum atomic E-state index is 9.86. The molecule has 0 aliphatic carbocycles. The normalized spacial score (nSPS) is 11.1. The van der Waals surface area contributed by atoms with E-state index >= 15 is 0 Å². The average Bonchev–Trinajstić information content (AvgIpc) is 2.69. The van der Waals surface area contributed by atoms with Crippen molar-refractivity contribution in [2.75, 3.05) is 0 Å². The van der Waals surface area contributed by atoms with Crippen molar-refractivity contribution < 1.29 is 5.11 Å². The van der Waals surface area contributed by atoms with Crippen molar-refractivity contribution in [1.82, 2.24) is 9.97 Å². The molecule has 0 atom stereocenters. The van der Waals surface area contributed by atoms with E-state index in [9.17, 15) is 5.11 Å². The predicted molar refractivity (Wildman–Crippen MR) is 79.1 cm³/mol. The lowest BCUT2D eigenvalue weighted by Crippen LogP contribution is -1.85. The molecule has 0 fully saturated rings. The molecule has 0 unspecified atom stereocenters. The van der Waals surface area contributed by atoms with Crippen LogP contribution in [0.5, 0.6) is 5.75 Å². The fraction of sp³-hybridized carbons (Fsp3) is 0.143. The van der Waals surface area contributed by atoms with E-state index < -0.39 is 0 Å². The van der Waals surface area contributed by atoms with E-state index in [0.29, 0.717) is 0 Å². The van der Waals surface area contributed by atoms with Gasteiger partial charge in [-0.3, -0.25) is 0 Å². The third-order valence-electron chi connectivity index (χ3n) is 3.00. The molecule has 19 heavy (non-hydrogen) atoms. The van der Waals surface area contributed by atoms with Gasteiger partial charge in [-0.25, -0.2) is 9.97 Å². The summed E-state index contributed by atoms with van der Waals surface area (Å²) in [5.41, 5.74) is 1.22. The molecule has 0 saturated carbocycles. The van der Waals surface area contributed by atoms with Crippen molar-refractivity contribution in [2.45, 2.75) is 23.8 Å². The minimum Gasteiger partial charge on any atom is -0.507 e. The molecule has 0 bridgehead atoms. The van der Waals surface area contributed by atoms with E-state index in [1.165, 1.54) is 22.2 Å². The number of aromatic nitrogens is 2. The highest BCUT2D eigenvalue weighted by Crippen LogP contribution is 2.39. The fourth-order valence-electron chi connectivity index (χ4n) is 1.88. The molecule has 2 aromatic heterocycles. The van der Waals surface area contributed by atoms with Crippen LogP contribution in [0, 0.1) is 13.8 Å². The van der Waals surface area contributed by atoms with E-state index in [4.69, 9.17) is 0 Å². The second kappa shape index (κ2) is 4.83. The van der Waals surface area contributed by atoms with E-state index in [2.05, 4.69) is 23.8 Å². The van der Waals surface area contributed by atoms with E-state index in [1.54, 1.807) is 23.7 Å². The van der Waals surface area contributed by atoms with Crippen LogP contribution in [0.3, 0.4) is 0 Å². The average molecular weight is 288 g/mol. The predicted octanol–water partition coefficient (Wildman–Crippen LogP) is 4.16. The Bertz CT molecular complexity index is 752. The molecular formula is C14H12N2OS2. The van der Waals surface area contributed by atoms with Crippen molar-refractivity contribution in [3.8, 4) is 5.75 Å².